The van der Waals surface area contributed by atoms with Crippen LogP contribution in [0.25, 0.3) is 0 Å². The Balaban J connectivity index is 1.92. The lowest BCUT2D eigenvalue weighted by Gasteiger charge is -2.51. The molecule has 0 bridgehead atoms. The van der Waals surface area contributed by atoms with Gasteiger partial charge in [0.05, 0.1) is 11.6 Å². The van der Waals surface area contributed by atoms with Gasteiger partial charge in [0, 0.05) is 26.2 Å². The first-order chi connectivity index (χ1) is 10.6. The van der Waals surface area contributed by atoms with Gasteiger partial charge in [-0.3, -0.25) is 14.6 Å². The zero-order valence-corrected chi connectivity index (χ0v) is 13.3. The number of nitrogens with zero attached hydrogens (tertiary/aromatic N) is 3. The van der Waals surface area contributed by atoms with Gasteiger partial charge in [-0.05, 0) is 37.8 Å². The van der Waals surface area contributed by atoms with Gasteiger partial charge >= 0.3 is 0 Å². The number of hydrogen-bond donors (Lipinski definition) is 0. The molecule has 118 valence electrons. The summed E-state index contributed by atoms with van der Waals surface area (Å²) in [6.07, 6.45) is 5.88. The van der Waals surface area contributed by atoms with Gasteiger partial charge in [0.25, 0.3) is 5.91 Å². The van der Waals surface area contributed by atoms with Gasteiger partial charge in [0.2, 0.25) is 5.91 Å². The molecule has 2 aliphatic rings. The third-order valence-electron chi connectivity index (χ3n) is 5.35. The monoisotopic (exact) mass is 301 g/mol. The number of aromatic nitrogens is 1. The standard InChI is InChI=1S/C17H23N3O2/c1-3-14-17(10-8-15(21)19(17)2)9-6-12-20(14)16(22)13-7-4-5-11-18-13/h4-5,7,11,14H,3,6,8-10,12H2,1-2H3/t14-,17-/m0/s1. The van der Waals surface area contributed by atoms with E-state index in [4.69, 9.17) is 0 Å². The Labute approximate surface area is 131 Å². The third-order valence-corrected chi connectivity index (χ3v) is 5.35. The number of rotatable bonds is 2. The largest absolute Gasteiger partial charge is 0.338 e. The average Bonchev–Trinajstić information content (AvgIpc) is 2.84. The lowest BCUT2D eigenvalue weighted by Crippen LogP contribution is -2.63. The van der Waals surface area contributed by atoms with E-state index in [2.05, 4.69) is 11.9 Å². The van der Waals surface area contributed by atoms with Crippen LogP contribution in [0, 0.1) is 0 Å². The summed E-state index contributed by atoms with van der Waals surface area (Å²) in [5.74, 6) is 0.185. The second kappa shape index (κ2) is 5.71. The molecule has 22 heavy (non-hydrogen) atoms. The van der Waals surface area contributed by atoms with Crippen molar-refractivity contribution in [3.8, 4) is 0 Å². The number of amides is 2. The predicted molar refractivity (Wildman–Crippen MR) is 83.3 cm³/mol. The Bertz CT molecular complexity index is 575. The topological polar surface area (TPSA) is 53.5 Å². The Morgan fingerprint density at radius 1 is 1.41 bits per heavy atom. The zero-order valence-electron chi connectivity index (χ0n) is 13.3. The summed E-state index contributed by atoms with van der Waals surface area (Å²) in [5.41, 5.74) is 0.305. The first-order valence-electron chi connectivity index (χ1n) is 8.09. The molecule has 0 radical (unpaired) electrons. The Morgan fingerprint density at radius 3 is 2.82 bits per heavy atom. The molecule has 2 amide bonds. The number of pyridine rings is 1. The number of likely N-dealkylation sites (N-methyl/N-ethyl adjacent to an activating group) is 1. The van der Waals surface area contributed by atoms with Crippen LogP contribution in [-0.2, 0) is 4.79 Å². The molecule has 5 heteroatoms. The number of likely N-dealkylation sites (tertiary alicyclic amines) is 2. The lowest BCUT2D eigenvalue weighted by atomic mass is 9.77. The predicted octanol–water partition coefficient (Wildman–Crippen LogP) is 2.09. The molecule has 0 aliphatic carbocycles. The van der Waals surface area contributed by atoms with Crippen molar-refractivity contribution >= 4 is 11.8 Å². The lowest BCUT2D eigenvalue weighted by molar-refractivity contribution is -0.132. The fourth-order valence-electron chi connectivity index (χ4n) is 4.24. The van der Waals surface area contributed by atoms with E-state index in [1.54, 1.807) is 12.3 Å². The molecule has 2 aliphatic heterocycles. The molecule has 2 atom stereocenters. The Morgan fingerprint density at radius 2 is 2.23 bits per heavy atom. The minimum atomic E-state index is -0.186. The van der Waals surface area contributed by atoms with Crippen molar-refractivity contribution in [2.75, 3.05) is 13.6 Å². The van der Waals surface area contributed by atoms with E-state index in [9.17, 15) is 9.59 Å². The number of carbonyl (C=O) groups is 2. The van der Waals surface area contributed by atoms with Crippen LogP contribution < -0.4 is 0 Å². The highest BCUT2D eigenvalue weighted by Gasteiger charge is 2.52. The van der Waals surface area contributed by atoms with Crippen LogP contribution in [0.2, 0.25) is 0 Å². The second-order valence-electron chi connectivity index (χ2n) is 6.30. The second-order valence-corrected chi connectivity index (χ2v) is 6.30. The van der Waals surface area contributed by atoms with Crippen LogP contribution in [-0.4, -0.2) is 51.8 Å². The summed E-state index contributed by atoms with van der Waals surface area (Å²) in [6.45, 7) is 2.85. The fourth-order valence-corrected chi connectivity index (χ4v) is 4.24. The Hall–Kier alpha value is -1.91. The van der Waals surface area contributed by atoms with Gasteiger partial charge < -0.3 is 9.80 Å². The van der Waals surface area contributed by atoms with E-state index < -0.39 is 0 Å². The molecule has 0 aromatic carbocycles. The highest BCUT2D eigenvalue weighted by molar-refractivity contribution is 5.93. The third kappa shape index (κ3) is 2.19. The molecule has 0 N–H and O–H groups in total. The molecule has 3 heterocycles. The van der Waals surface area contributed by atoms with Gasteiger partial charge in [-0.2, -0.15) is 0 Å². The van der Waals surface area contributed by atoms with Crippen molar-refractivity contribution in [2.45, 2.75) is 50.6 Å². The molecule has 0 saturated carbocycles. The SMILES string of the molecule is CC[C@@H]1N(C(=O)c2ccccn2)CCC[C@]12CCC(=O)N2C. The minimum Gasteiger partial charge on any atom is -0.338 e. The minimum absolute atomic E-state index is 0.0146. The average molecular weight is 301 g/mol. The Kier molecular flexibility index (Phi) is 3.89. The summed E-state index contributed by atoms with van der Waals surface area (Å²) in [5, 5.41) is 0. The van der Waals surface area contributed by atoms with E-state index in [1.807, 2.05) is 29.0 Å². The quantitative estimate of drug-likeness (QED) is 0.840. The molecule has 1 aromatic rings. The van der Waals surface area contributed by atoms with Crippen molar-refractivity contribution in [1.29, 1.82) is 0 Å². The molecule has 0 unspecified atom stereocenters. The molecule has 2 saturated heterocycles. The zero-order chi connectivity index (χ0) is 15.7. The molecular formula is C17H23N3O2. The van der Waals surface area contributed by atoms with E-state index in [1.165, 1.54) is 0 Å². The van der Waals surface area contributed by atoms with E-state index in [0.717, 1.165) is 32.2 Å². The highest BCUT2D eigenvalue weighted by Crippen LogP contribution is 2.42. The molecule has 1 aromatic heterocycles. The summed E-state index contributed by atoms with van der Waals surface area (Å²) in [4.78, 5) is 33.0. The number of piperidine rings is 1. The number of carbonyl (C=O) groups excluding carboxylic acids is 2. The molecule has 3 rings (SSSR count). The maximum absolute atomic E-state index is 12.9. The molecule has 2 fully saturated rings. The number of hydrogen-bond acceptors (Lipinski definition) is 3. The van der Waals surface area contributed by atoms with Crippen LogP contribution in [0.5, 0.6) is 0 Å². The van der Waals surface area contributed by atoms with Gasteiger partial charge in [-0.15, -0.1) is 0 Å². The van der Waals surface area contributed by atoms with Crippen LogP contribution in [0.3, 0.4) is 0 Å². The summed E-state index contributed by atoms with van der Waals surface area (Å²) in [6, 6.07) is 5.49. The van der Waals surface area contributed by atoms with Crippen molar-refractivity contribution in [3.05, 3.63) is 30.1 Å². The summed E-state index contributed by atoms with van der Waals surface area (Å²) < 4.78 is 0. The fraction of sp³-hybridized carbons (Fsp3) is 0.588. The smallest absolute Gasteiger partial charge is 0.272 e. The van der Waals surface area contributed by atoms with Crippen molar-refractivity contribution in [1.82, 2.24) is 14.8 Å². The molecular weight excluding hydrogens is 278 g/mol. The van der Waals surface area contributed by atoms with Crippen LogP contribution in [0.15, 0.2) is 24.4 Å². The molecule has 5 nitrogen and oxygen atoms in total. The van der Waals surface area contributed by atoms with E-state index >= 15 is 0 Å². The molecule has 1 spiro atoms. The maximum Gasteiger partial charge on any atom is 0.272 e. The van der Waals surface area contributed by atoms with E-state index in [-0.39, 0.29) is 23.4 Å². The van der Waals surface area contributed by atoms with Crippen molar-refractivity contribution < 1.29 is 9.59 Å². The summed E-state index contributed by atoms with van der Waals surface area (Å²) in [7, 11) is 1.90. The van der Waals surface area contributed by atoms with Gasteiger partial charge in [-0.1, -0.05) is 13.0 Å². The van der Waals surface area contributed by atoms with Crippen LogP contribution in [0.4, 0.5) is 0 Å². The van der Waals surface area contributed by atoms with Crippen molar-refractivity contribution in [2.24, 2.45) is 0 Å². The highest BCUT2D eigenvalue weighted by atomic mass is 16.2. The first kappa shape index (κ1) is 15.0. The van der Waals surface area contributed by atoms with Crippen LogP contribution >= 0.6 is 0 Å². The van der Waals surface area contributed by atoms with Gasteiger partial charge in [-0.25, -0.2) is 0 Å². The van der Waals surface area contributed by atoms with E-state index in [0.29, 0.717) is 12.1 Å². The maximum atomic E-state index is 12.9. The van der Waals surface area contributed by atoms with Crippen molar-refractivity contribution in [3.63, 3.8) is 0 Å². The normalized spacial score (nSPS) is 28.5. The van der Waals surface area contributed by atoms with Crippen LogP contribution in [0.1, 0.15) is 49.5 Å². The summed E-state index contributed by atoms with van der Waals surface area (Å²) >= 11 is 0. The first-order valence-corrected chi connectivity index (χ1v) is 8.09. The van der Waals surface area contributed by atoms with Gasteiger partial charge in [0.15, 0.2) is 0 Å². The van der Waals surface area contributed by atoms with Gasteiger partial charge in [0.1, 0.15) is 5.69 Å².